The first-order valence-electron chi connectivity index (χ1n) is 10.8. The van der Waals surface area contributed by atoms with Gasteiger partial charge in [0.25, 0.3) is 0 Å². The number of aromatic amines is 1. The highest BCUT2D eigenvalue weighted by molar-refractivity contribution is 5.86. The van der Waals surface area contributed by atoms with Crippen LogP contribution in [0.4, 0.5) is 0 Å². The van der Waals surface area contributed by atoms with Crippen LogP contribution in [-0.2, 0) is 19.9 Å². The number of rotatable bonds is 6. The predicted molar refractivity (Wildman–Crippen MR) is 119 cm³/mol. The van der Waals surface area contributed by atoms with Crippen LogP contribution in [0.2, 0.25) is 0 Å². The summed E-state index contributed by atoms with van der Waals surface area (Å²) in [5.74, 6) is 1.57. The molecule has 1 aliphatic heterocycles. The molecular weight excluding hydrogens is 360 g/mol. The maximum atomic E-state index is 4.95. The molecule has 1 fully saturated rings. The van der Waals surface area contributed by atoms with Crippen LogP contribution >= 0.6 is 0 Å². The van der Waals surface area contributed by atoms with Gasteiger partial charge in [0.2, 0.25) is 0 Å². The van der Waals surface area contributed by atoms with Gasteiger partial charge in [-0.1, -0.05) is 25.1 Å². The van der Waals surface area contributed by atoms with Crippen molar-refractivity contribution in [1.82, 2.24) is 25.0 Å². The van der Waals surface area contributed by atoms with Gasteiger partial charge in [0, 0.05) is 62.4 Å². The standard InChI is InChI=1S/C23H32N6/c1-4-17-7-6-8-21-18(13-26-22(17)21)9-11-25-23(24-5-2)29-12-10-19(16-29)20-14-27-28(3)15-20/h6-8,13-15,19,26H,4-5,9-12,16H2,1-3H3,(H,24,25). The Morgan fingerprint density at radius 1 is 1.31 bits per heavy atom. The molecule has 2 aromatic heterocycles. The molecule has 29 heavy (non-hydrogen) atoms. The molecule has 1 aromatic carbocycles. The van der Waals surface area contributed by atoms with Crippen LogP contribution in [0.25, 0.3) is 10.9 Å². The Bertz CT molecular complexity index is 982. The average Bonchev–Trinajstić information content (AvgIpc) is 3.46. The fourth-order valence-corrected chi connectivity index (χ4v) is 4.36. The van der Waals surface area contributed by atoms with Crippen molar-refractivity contribution in [3.63, 3.8) is 0 Å². The zero-order chi connectivity index (χ0) is 20.2. The van der Waals surface area contributed by atoms with Crippen LogP contribution in [0.1, 0.15) is 42.9 Å². The van der Waals surface area contributed by atoms with Crippen LogP contribution in [0, 0.1) is 0 Å². The third-order valence-electron chi connectivity index (χ3n) is 5.93. The number of hydrogen-bond acceptors (Lipinski definition) is 2. The second-order valence-corrected chi connectivity index (χ2v) is 7.87. The fraction of sp³-hybridized carbons (Fsp3) is 0.478. The van der Waals surface area contributed by atoms with Gasteiger partial charge < -0.3 is 15.2 Å². The first-order chi connectivity index (χ1) is 14.2. The van der Waals surface area contributed by atoms with Crippen molar-refractivity contribution in [3.8, 4) is 0 Å². The van der Waals surface area contributed by atoms with Gasteiger partial charge in [-0.05, 0) is 42.9 Å². The molecule has 4 rings (SSSR count). The molecule has 0 saturated carbocycles. The molecule has 0 bridgehead atoms. The zero-order valence-electron chi connectivity index (χ0n) is 17.8. The Kier molecular flexibility index (Phi) is 5.88. The van der Waals surface area contributed by atoms with E-state index in [9.17, 15) is 0 Å². The second kappa shape index (κ2) is 8.72. The summed E-state index contributed by atoms with van der Waals surface area (Å²) in [6, 6.07) is 6.58. The molecule has 6 nitrogen and oxygen atoms in total. The van der Waals surface area contributed by atoms with Crippen LogP contribution in [0.15, 0.2) is 41.8 Å². The number of nitrogens with one attached hydrogen (secondary N) is 2. The van der Waals surface area contributed by atoms with E-state index in [-0.39, 0.29) is 0 Å². The maximum absolute atomic E-state index is 4.95. The normalized spacial score (nSPS) is 17.4. The molecule has 0 spiro atoms. The van der Waals surface area contributed by atoms with Crippen molar-refractivity contribution in [2.45, 2.75) is 39.0 Å². The number of likely N-dealkylation sites (tertiary alicyclic amines) is 1. The van der Waals surface area contributed by atoms with Crippen molar-refractivity contribution in [2.75, 3.05) is 26.2 Å². The lowest BCUT2D eigenvalue weighted by Gasteiger charge is -2.21. The maximum Gasteiger partial charge on any atom is 0.193 e. The molecule has 0 aliphatic carbocycles. The van der Waals surface area contributed by atoms with E-state index >= 15 is 0 Å². The highest BCUT2D eigenvalue weighted by Crippen LogP contribution is 2.27. The minimum Gasteiger partial charge on any atom is -0.361 e. The lowest BCUT2D eigenvalue weighted by molar-refractivity contribution is 0.486. The van der Waals surface area contributed by atoms with Gasteiger partial charge >= 0.3 is 0 Å². The lowest BCUT2D eigenvalue weighted by Crippen LogP contribution is -2.40. The van der Waals surface area contributed by atoms with E-state index in [2.05, 4.69) is 64.7 Å². The number of benzene rings is 1. The van der Waals surface area contributed by atoms with Gasteiger partial charge in [0.15, 0.2) is 5.96 Å². The van der Waals surface area contributed by atoms with Crippen LogP contribution in [0.5, 0.6) is 0 Å². The quantitative estimate of drug-likeness (QED) is 0.499. The van der Waals surface area contributed by atoms with Gasteiger partial charge in [0.1, 0.15) is 0 Å². The topological polar surface area (TPSA) is 61.2 Å². The van der Waals surface area contributed by atoms with E-state index in [1.165, 1.54) is 27.6 Å². The molecule has 2 N–H and O–H groups in total. The van der Waals surface area contributed by atoms with E-state index in [0.717, 1.165) is 51.4 Å². The Labute approximate surface area is 173 Å². The Hall–Kier alpha value is -2.76. The largest absolute Gasteiger partial charge is 0.361 e. The minimum absolute atomic E-state index is 0.536. The summed E-state index contributed by atoms with van der Waals surface area (Å²) in [6.45, 7) is 8.07. The van der Waals surface area contributed by atoms with Crippen molar-refractivity contribution in [2.24, 2.45) is 12.0 Å². The van der Waals surface area contributed by atoms with Crippen LogP contribution in [0.3, 0.4) is 0 Å². The number of aromatic nitrogens is 3. The van der Waals surface area contributed by atoms with Crippen molar-refractivity contribution < 1.29 is 0 Å². The number of H-pyrrole nitrogens is 1. The summed E-state index contributed by atoms with van der Waals surface area (Å²) < 4.78 is 1.89. The molecule has 1 atom stereocenters. The summed E-state index contributed by atoms with van der Waals surface area (Å²) in [4.78, 5) is 10.8. The van der Waals surface area contributed by atoms with E-state index in [4.69, 9.17) is 4.99 Å². The van der Waals surface area contributed by atoms with Gasteiger partial charge in [-0.2, -0.15) is 5.10 Å². The van der Waals surface area contributed by atoms with Crippen LogP contribution in [-0.4, -0.2) is 51.8 Å². The molecule has 1 unspecified atom stereocenters. The summed E-state index contributed by atoms with van der Waals surface area (Å²) in [7, 11) is 1.98. The molecule has 3 heterocycles. The van der Waals surface area contributed by atoms with Crippen molar-refractivity contribution in [1.29, 1.82) is 0 Å². The van der Waals surface area contributed by atoms with Crippen LogP contribution < -0.4 is 5.32 Å². The number of aryl methyl sites for hydroxylation is 2. The van der Waals surface area contributed by atoms with E-state index in [1.54, 1.807) is 0 Å². The number of aliphatic imine (C=N–C) groups is 1. The molecule has 6 heteroatoms. The molecular formula is C23H32N6. The van der Waals surface area contributed by atoms with Gasteiger partial charge in [-0.3, -0.25) is 9.67 Å². The smallest absolute Gasteiger partial charge is 0.193 e. The molecule has 0 amide bonds. The number of nitrogens with zero attached hydrogens (tertiary/aromatic N) is 4. The van der Waals surface area contributed by atoms with Gasteiger partial charge in [-0.15, -0.1) is 0 Å². The number of guanidine groups is 1. The molecule has 1 saturated heterocycles. The molecule has 0 radical (unpaired) electrons. The fourth-order valence-electron chi connectivity index (χ4n) is 4.36. The van der Waals surface area contributed by atoms with Crippen molar-refractivity contribution >= 4 is 16.9 Å². The van der Waals surface area contributed by atoms with Gasteiger partial charge in [0.05, 0.1) is 6.20 Å². The Morgan fingerprint density at radius 3 is 2.97 bits per heavy atom. The highest BCUT2D eigenvalue weighted by atomic mass is 15.3. The number of fused-ring (bicyclic) bond motifs is 1. The summed E-state index contributed by atoms with van der Waals surface area (Å²) in [5.41, 5.74) is 5.34. The third-order valence-corrected chi connectivity index (χ3v) is 5.93. The summed E-state index contributed by atoms with van der Waals surface area (Å²) in [5, 5.41) is 9.15. The average molecular weight is 393 g/mol. The minimum atomic E-state index is 0.536. The number of hydrogen-bond donors (Lipinski definition) is 2. The first kappa shape index (κ1) is 19.6. The van der Waals surface area contributed by atoms with Crippen molar-refractivity contribution in [3.05, 3.63) is 53.5 Å². The summed E-state index contributed by atoms with van der Waals surface area (Å²) >= 11 is 0. The van der Waals surface area contributed by atoms with Gasteiger partial charge in [-0.25, -0.2) is 0 Å². The Balaban J connectivity index is 1.43. The first-order valence-corrected chi connectivity index (χ1v) is 10.8. The summed E-state index contributed by atoms with van der Waals surface area (Å²) in [6.07, 6.45) is 9.44. The highest BCUT2D eigenvalue weighted by Gasteiger charge is 2.26. The molecule has 154 valence electrons. The third kappa shape index (κ3) is 4.16. The predicted octanol–water partition coefficient (Wildman–Crippen LogP) is 3.46. The second-order valence-electron chi connectivity index (χ2n) is 7.87. The number of para-hydroxylation sites is 1. The van der Waals surface area contributed by atoms with E-state index in [0.29, 0.717) is 5.92 Å². The van der Waals surface area contributed by atoms with E-state index in [1.807, 2.05) is 17.9 Å². The van der Waals surface area contributed by atoms with E-state index < -0.39 is 0 Å². The Morgan fingerprint density at radius 2 is 2.21 bits per heavy atom. The monoisotopic (exact) mass is 392 g/mol. The zero-order valence-corrected chi connectivity index (χ0v) is 17.8. The lowest BCUT2D eigenvalue weighted by atomic mass is 10.0. The molecule has 1 aliphatic rings. The molecule has 3 aromatic rings. The SMILES string of the molecule is CCNC(=NCCc1c[nH]c2c(CC)cccc12)N1CCC(c2cnn(C)c2)C1.